The van der Waals surface area contributed by atoms with Gasteiger partial charge in [-0.25, -0.2) is 4.79 Å². The SMILES string of the molecule is CC1(C)[C@H](O)CC[C@]2(C)C3CC[C@@]4(C)[C@H](c5ccoc5)OC(=O)[C@H]5O[C@]54[C@]3(C)C(=O)C[C@@H]12. The smallest absolute Gasteiger partial charge is 0.339 e. The number of rotatable bonds is 1. The number of cyclic esters (lactones) is 1. The number of aliphatic hydroxyl groups is 1. The average molecular weight is 443 g/mol. The second kappa shape index (κ2) is 5.87. The van der Waals surface area contributed by atoms with E-state index in [2.05, 4.69) is 34.6 Å². The lowest BCUT2D eigenvalue weighted by atomic mass is 9.35. The zero-order valence-corrected chi connectivity index (χ0v) is 19.6. The maximum atomic E-state index is 14.1. The van der Waals surface area contributed by atoms with Gasteiger partial charge in [-0.05, 0) is 61.3 Å². The van der Waals surface area contributed by atoms with Gasteiger partial charge in [0.1, 0.15) is 17.5 Å². The average Bonchev–Trinajstić information content (AvgIpc) is 3.30. The first-order valence-corrected chi connectivity index (χ1v) is 12.1. The molecular weight excluding hydrogens is 408 g/mol. The van der Waals surface area contributed by atoms with Crippen molar-refractivity contribution in [2.24, 2.45) is 33.5 Å². The topological polar surface area (TPSA) is 89.3 Å². The summed E-state index contributed by atoms with van der Waals surface area (Å²) >= 11 is 0. The molecule has 0 radical (unpaired) electrons. The largest absolute Gasteiger partial charge is 0.472 e. The Bertz CT molecular complexity index is 998. The van der Waals surface area contributed by atoms with Crippen molar-refractivity contribution in [3.05, 3.63) is 24.2 Å². The molecule has 2 saturated heterocycles. The third-order valence-electron chi connectivity index (χ3n) is 11.0. The molecule has 1 unspecified atom stereocenters. The molecule has 6 nitrogen and oxygen atoms in total. The number of ketones is 1. The third-order valence-corrected chi connectivity index (χ3v) is 11.0. The van der Waals surface area contributed by atoms with E-state index in [1.54, 1.807) is 12.5 Å². The third kappa shape index (κ3) is 2.02. The van der Waals surface area contributed by atoms with Crippen LogP contribution in [0.5, 0.6) is 0 Å². The van der Waals surface area contributed by atoms with Crippen LogP contribution in [0.2, 0.25) is 0 Å². The summed E-state index contributed by atoms with van der Waals surface area (Å²) in [7, 11) is 0. The maximum absolute atomic E-state index is 14.1. The van der Waals surface area contributed by atoms with Gasteiger partial charge in [0.25, 0.3) is 0 Å². The van der Waals surface area contributed by atoms with Gasteiger partial charge in [-0.2, -0.15) is 0 Å². The van der Waals surface area contributed by atoms with E-state index in [4.69, 9.17) is 13.9 Å². The highest BCUT2D eigenvalue weighted by molar-refractivity contribution is 5.93. The number of esters is 1. The van der Waals surface area contributed by atoms with Crippen LogP contribution >= 0.6 is 0 Å². The van der Waals surface area contributed by atoms with Crippen LogP contribution in [0.4, 0.5) is 0 Å². The molecule has 6 rings (SSSR count). The van der Waals surface area contributed by atoms with Crippen molar-refractivity contribution in [3.8, 4) is 0 Å². The number of ether oxygens (including phenoxy) is 2. The highest BCUT2D eigenvalue weighted by Gasteiger charge is 2.88. The number of furan rings is 1. The zero-order valence-electron chi connectivity index (χ0n) is 19.6. The molecule has 2 aliphatic heterocycles. The molecule has 5 aliphatic rings. The monoisotopic (exact) mass is 442 g/mol. The van der Waals surface area contributed by atoms with Gasteiger partial charge in [0.05, 0.1) is 24.0 Å². The van der Waals surface area contributed by atoms with E-state index in [1.807, 2.05) is 6.07 Å². The number of hydrogen-bond acceptors (Lipinski definition) is 6. The molecule has 1 aromatic heterocycles. The molecule has 5 fully saturated rings. The van der Waals surface area contributed by atoms with E-state index in [1.165, 1.54) is 0 Å². The molecule has 3 saturated carbocycles. The highest BCUT2D eigenvalue weighted by Crippen LogP contribution is 2.79. The molecule has 0 bridgehead atoms. The summed E-state index contributed by atoms with van der Waals surface area (Å²) in [5, 5.41) is 10.8. The fourth-order valence-corrected chi connectivity index (χ4v) is 9.24. The fourth-order valence-electron chi connectivity index (χ4n) is 9.24. The normalized spacial score (nSPS) is 53.4. The van der Waals surface area contributed by atoms with E-state index < -0.39 is 34.7 Å². The van der Waals surface area contributed by atoms with Gasteiger partial charge >= 0.3 is 5.97 Å². The molecule has 1 N–H and O–H groups in total. The minimum absolute atomic E-state index is 0.0928. The number of carbonyl (C=O) groups is 2. The maximum Gasteiger partial charge on any atom is 0.339 e. The lowest BCUT2D eigenvalue weighted by Gasteiger charge is -2.68. The van der Waals surface area contributed by atoms with Crippen molar-refractivity contribution in [1.29, 1.82) is 0 Å². The van der Waals surface area contributed by atoms with Gasteiger partial charge < -0.3 is 19.0 Å². The van der Waals surface area contributed by atoms with Gasteiger partial charge in [-0.15, -0.1) is 0 Å². The molecule has 3 heterocycles. The molecule has 1 spiro atoms. The molecule has 1 aromatic rings. The molecule has 0 aromatic carbocycles. The van der Waals surface area contributed by atoms with E-state index in [0.717, 1.165) is 31.2 Å². The quantitative estimate of drug-likeness (QED) is 0.518. The van der Waals surface area contributed by atoms with Gasteiger partial charge in [0.15, 0.2) is 6.10 Å². The lowest BCUT2D eigenvalue weighted by Crippen LogP contribution is -2.72. The first-order chi connectivity index (χ1) is 14.9. The van der Waals surface area contributed by atoms with Crippen molar-refractivity contribution in [2.75, 3.05) is 0 Å². The summed E-state index contributed by atoms with van der Waals surface area (Å²) < 4.78 is 17.6. The molecule has 6 heteroatoms. The van der Waals surface area contributed by atoms with E-state index in [9.17, 15) is 14.7 Å². The standard InChI is InChI=1S/C26H34O6/c1-22(2)16-12-18(28)25(5)15(23(16,3)9-7-17(22)27)6-10-24(4)19(14-8-11-30-13-14)31-21(29)20-26(24,25)32-20/h8,11,13,15-17,19-20,27H,6-7,9-10,12H2,1-5H3/t15?,16-,17+,19-,20+,23+,24-,25-,26+/m0/s1. The summed E-state index contributed by atoms with van der Waals surface area (Å²) in [5.74, 6) is 0.0285. The van der Waals surface area contributed by atoms with Crippen LogP contribution in [0.15, 0.2) is 23.0 Å². The summed E-state index contributed by atoms with van der Waals surface area (Å²) in [6.45, 7) is 10.8. The Balaban J connectivity index is 1.50. The molecule has 32 heavy (non-hydrogen) atoms. The van der Waals surface area contributed by atoms with Crippen LogP contribution in [0.3, 0.4) is 0 Å². The summed E-state index contributed by atoms with van der Waals surface area (Å²) in [4.78, 5) is 27.2. The number of carbonyl (C=O) groups excluding carboxylic acids is 2. The summed E-state index contributed by atoms with van der Waals surface area (Å²) in [5.41, 5.74) is -1.73. The molecule has 9 atom stereocenters. The molecule has 174 valence electrons. The minimum Gasteiger partial charge on any atom is -0.472 e. The Morgan fingerprint density at radius 2 is 1.75 bits per heavy atom. The van der Waals surface area contributed by atoms with Crippen LogP contribution in [-0.2, 0) is 19.1 Å². The highest BCUT2D eigenvalue weighted by atomic mass is 16.7. The molecular formula is C26H34O6. The van der Waals surface area contributed by atoms with Gasteiger partial charge in [0.2, 0.25) is 0 Å². The Kier molecular flexibility index (Phi) is 3.84. The number of Topliss-reactive ketones (excluding diaryl/α,β-unsaturated/α-hetero) is 1. The van der Waals surface area contributed by atoms with Gasteiger partial charge in [-0.1, -0.05) is 27.7 Å². The predicted molar refractivity (Wildman–Crippen MR) is 114 cm³/mol. The van der Waals surface area contributed by atoms with Crippen LogP contribution < -0.4 is 0 Å². The number of aliphatic hydroxyl groups excluding tert-OH is 1. The van der Waals surface area contributed by atoms with E-state index in [0.29, 0.717) is 6.42 Å². The Morgan fingerprint density at radius 3 is 2.44 bits per heavy atom. The first-order valence-electron chi connectivity index (χ1n) is 12.1. The fraction of sp³-hybridized carbons (Fsp3) is 0.769. The van der Waals surface area contributed by atoms with Gasteiger partial charge in [-0.3, -0.25) is 4.79 Å². The van der Waals surface area contributed by atoms with Crippen LogP contribution in [-0.4, -0.2) is 34.7 Å². The predicted octanol–water partition coefficient (Wildman–Crippen LogP) is 4.21. The Hall–Kier alpha value is -1.66. The van der Waals surface area contributed by atoms with E-state index in [-0.39, 0.29) is 34.4 Å². The number of hydrogen-bond donors (Lipinski definition) is 1. The summed E-state index contributed by atoms with van der Waals surface area (Å²) in [6.07, 6.45) is 5.41. The van der Waals surface area contributed by atoms with Crippen LogP contribution in [0.1, 0.15) is 78.4 Å². The van der Waals surface area contributed by atoms with Crippen LogP contribution in [0.25, 0.3) is 0 Å². The van der Waals surface area contributed by atoms with Gasteiger partial charge in [0, 0.05) is 17.4 Å². The molecule has 3 aliphatic carbocycles. The first kappa shape index (κ1) is 20.9. The zero-order chi connectivity index (χ0) is 22.9. The van der Waals surface area contributed by atoms with E-state index >= 15 is 0 Å². The summed E-state index contributed by atoms with van der Waals surface area (Å²) in [6, 6.07) is 1.85. The van der Waals surface area contributed by atoms with Crippen molar-refractivity contribution < 1.29 is 28.6 Å². The Labute approximate surface area is 189 Å². The second-order valence-electron chi connectivity index (χ2n) is 12.4. The van der Waals surface area contributed by atoms with Crippen molar-refractivity contribution in [2.45, 2.75) is 90.6 Å². The van der Waals surface area contributed by atoms with Crippen molar-refractivity contribution in [3.63, 3.8) is 0 Å². The van der Waals surface area contributed by atoms with Crippen molar-refractivity contribution in [1.82, 2.24) is 0 Å². The van der Waals surface area contributed by atoms with Crippen molar-refractivity contribution >= 4 is 11.8 Å². The Morgan fingerprint density at radius 1 is 1.00 bits per heavy atom. The lowest BCUT2D eigenvalue weighted by molar-refractivity contribution is -0.230. The number of epoxide rings is 1. The van der Waals surface area contributed by atoms with Crippen LogP contribution in [0, 0.1) is 33.5 Å². The second-order valence-corrected chi connectivity index (χ2v) is 12.4. The molecule has 0 amide bonds. The minimum atomic E-state index is -0.856. The number of fused-ring (bicyclic) bond motifs is 3.